The van der Waals surface area contributed by atoms with Crippen LogP contribution in [0.3, 0.4) is 0 Å². The number of halogens is 1. The molecule has 0 radical (unpaired) electrons. The average molecular weight is 398 g/mol. The number of hydrogen-bond donors (Lipinski definition) is 1. The first-order chi connectivity index (χ1) is 13.6. The van der Waals surface area contributed by atoms with Gasteiger partial charge in [-0.25, -0.2) is 14.4 Å². The molecule has 3 heterocycles. The zero-order valence-electron chi connectivity index (χ0n) is 15.1. The van der Waals surface area contributed by atoms with Gasteiger partial charge in [-0.3, -0.25) is 9.59 Å². The van der Waals surface area contributed by atoms with E-state index in [2.05, 4.69) is 15.0 Å². The molecule has 0 atom stereocenters. The number of aromatic amines is 1. The first kappa shape index (κ1) is 18.5. The van der Waals surface area contributed by atoms with Crippen LogP contribution in [-0.2, 0) is 11.2 Å². The number of H-pyrrole nitrogens is 1. The lowest BCUT2D eigenvalue weighted by Crippen LogP contribution is -2.39. The van der Waals surface area contributed by atoms with Crippen LogP contribution < -0.4 is 5.56 Å². The number of thiazole rings is 1. The summed E-state index contributed by atoms with van der Waals surface area (Å²) in [5.74, 6) is 0.275. The Labute approximate surface area is 165 Å². The summed E-state index contributed by atoms with van der Waals surface area (Å²) in [5.41, 5.74) is 0.789. The van der Waals surface area contributed by atoms with Gasteiger partial charge in [0.15, 0.2) is 0 Å². The Morgan fingerprint density at radius 1 is 1.29 bits per heavy atom. The molecule has 4 rings (SSSR count). The molecule has 1 N–H and O–H groups in total. The molecule has 0 unspecified atom stereocenters. The quantitative estimate of drug-likeness (QED) is 0.733. The molecule has 1 aromatic carbocycles. The van der Waals surface area contributed by atoms with E-state index in [4.69, 9.17) is 0 Å². The summed E-state index contributed by atoms with van der Waals surface area (Å²) in [6.07, 6.45) is 3.15. The lowest BCUT2D eigenvalue weighted by atomic mass is 9.95. The first-order valence-corrected chi connectivity index (χ1v) is 10.0. The molecule has 1 fully saturated rings. The molecule has 0 spiro atoms. The van der Waals surface area contributed by atoms with E-state index in [1.165, 1.54) is 23.5 Å². The molecule has 0 bridgehead atoms. The van der Waals surface area contributed by atoms with Crippen LogP contribution in [0.15, 0.2) is 46.7 Å². The van der Waals surface area contributed by atoms with Crippen molar-refractivity contribution in [2.24, 2.45) is 0 Å². The second-order valence-corrected chi connectivity index (χ2v) is 7.67. The molecule has 0 aliphatic carbocycles. The molecule has 3 aromatic rings. The second-order valence-electron chi connectivity index (χ2n) is 6.78. The highest BCUT2D eigenvalue weighted by molar-refractivity contribution is 7.13. The summed E-state index contributed by atoms with van der Waals surface area (Å²) < 4.78 is 13.8. The van der Waals surface area contributed by atoms with Crippen molar-refractivity contribution in [3.05, 3.63) is 69.5 Å². The van der Waals surface area contributed by atoms with Crippen LogP contribution in [0.5, 0.6) is 0 Å². The van der Waals surface area contributed by atoms with Gasteiger partial charge < -0.3 is 9.88 Å². The van der Waals surface area contributed by atoms with Gasteiger partial charge in [-0.1, -0.05) is 18.2 Å². The van der Waals surface area contributed by atoms with E-state index in [0.29, 0.717) is 48.0 Å². The number of likely N-dealkylation sites (tertiary alicyclic amines) is 1. The van der Waals surface area contributed by atoms with Gasteiger partial charge in [-0.15, -0.1) is 11.3 Å². The van der Waals surface area contributed by atoms with Crippen LogP contribution in [0.2, 0.25) is 0 Å². The molecule has 1 saturated heterocycles. The summed E-state index contributed by atoms with van der Waals surface area (Å²) in [6.45, 7) is 1.12. The van der Waals surface area contributed by atoms with Gasteiger partial charge in [0, 0.05) is 36.7 Å². The van der Waals surface area contributed by atoms with Crippen LogP contribution in [0.1, 0.15) is 30.1 Å². The fourth-order valence-corrected chi connectivity index (χ4v) is 4.05. The monoisotopic (exact) mass is 398 g/mol. The molecule has 2 aromatic heterocycles. The number of nitrogens with zero attached hydrogens (tertiary/aromatic N) is 3. The van der Waals surface area contributed by atoms with E-state index in [-0.39, 0.29) is 29.6 Å². The molecule has 1 aliphatic rings. The predicted molar refractivity (Wildman–Crippen MR) is 105 cm³/mol. The Bertz CT molecular complexity index is 1030. The van der Waals surface area contributed by atoms with Crippen molar-refractivity contribution in [1.29, 1.82) is 0 Å². The number of carbonyl (C=O) groups excluding carboxylic acids is 1. The zero-order chi connectivity index (χ0) is 19.5. The Morgan fingerprint density at radius 2 is 2.07 bits per heavy atom. The van der Waals surface area contributed by atoms with Crippen LogP contribution in [-0.4, -0.2) is 38.8 Å². The highest BCUT2D eigenvalue weighted by Gasteiger charge is 2.26. The molecule has 28 heavy (non-hydrogen) atoms. The maximum absolute atomic E-state index is 13.8. The third kappa shape index (κ3) is 4.01. The molecular weight excluding hydrogens is 379 g/mol. The molecule has 6 nitrogen and oxygen atoms in total. The number of rotatable bonds is 4. The van der Waals surface area contributed by atoms with Gasteiger partial charge in [0.1, 0.15) is 22.3 Å². The Morgan fingerprint density at radius 3 is 2.79 bits per heavy atom. The van der Waals surface area contributed by atoms with Crippen molar-refractivity contribution < 1.29 is 9.18 Å². The molecule has 0 saturated carbocycles. The predicted octanol–water partition coefficient (Wildman–Crippen LogP) is 2.98. The van der Waals surface area contributed by atoms with Gasteiger partial charge in [-0.05, 0) is 24.5 Å². The highest BCUT2D eigenvalue weighted by atomic mass is 32.1. The number of piperidine rings is 1. The summed E-state index contributed by atoms with van der Waals surface area (Å²) in [4.78, 5) is 37.9. The van der Waals surface area contributed by atoms with Crippen molar-refractivity contribution in [2.75, 3.05) is 13.1 Å². The maximum Gasteiger partial charge on any atom is 0.251 e. The number of nitrogens with one attached hydrogen (secondary N) is 1. The molecule has 8 heteroatoms. The van der Waals surface area contributed by atoms with Gasteiger partial charge in [0.25, 0.3) is 5.56 Å². The highest BCUT2D eigenvalue weighted by Crippen LogP contribution is 2.27. The fraction of sp³-hybridized carbons (Fsp3) is 0.300. The largest absolute Gasteiger partial charge is 0.342 e. The number of hydrogen-bond acceptors (Lipinski definition) is 5. The summed E-state index contributed by atoms with van der Waals surface area (Å²) in [6, 6.07) is 7.80. The second kappa shape index (κ2) is 8.02. The molecule has 1 amide bonds. The summed E-state index contributed by atoms with van der Waals surface area (Å²) in [5, 5.41) is 2.56. The number of amides is 1. The third-order valence-corrected chi connectivity index (χ3v) is 5.74. The molecular formula is C20H19FN4O2S. The van der Waals surface area contributed by atoms with E-state index < -0.39 is 0 Å². The third-order valence-electron chi connectivity index (χ3n) is 4.95. The maximum atomic E-state index is 13.8. The lowest BCUT2D eigenvalue weighted by Gasteiger charge is -2.31. The van der Waals surface area contributed by atoms with E-state index in [9.17, 15) is 14.0 Å². The van der Waals surface area contributed by atoms with Crippen LogP contribution in [0.25, 0.3) is 10.7 Å². The number of aromatic nitrogens is 3. The fourth-order valence-electron chi connectivity index (χ4n) is 3.45. The van der Waals surface area contributed by atoms with Gasteiger partial charge >= 0.3 is 0 Å². The minimum atomic E-state index is -0.355. The van der Waals surface area contributed by atoms with Crippen molar-refractivity contribution >= 4 is 17.2 Å². The minimum absolute atomic E-state index is 0.0615. The average Bonchev–Trinajstić information content (AvgIpc) is 3.24. The molecule has 144 valence electrons. The molecule has 1 aliphatic heterocycles. The van der Waals surface area contributed by atoms with E-state index in [1.54, 1.807) is 29.3 Å². The number of carbonyl (C=O) groups is 1. The minimum Gasteiger partial charge on any atom is -0.342 e. The topological polar surface area (TPSA) is 79.0 Å². The Kier molecular flexibility index (Phi) is 5.29. The van der Waals surface area contributed by atoms with Crippen molar-refractivity contribution in [3.8, 4) is 10.7 Å². The van der Waals surface area contributed by atoms with Crippen LogP contribution in [0, 0.1) is 5.82 Å². The van der Waals surface area contributed by atoms with Crippen molar-refractivity contribution in [1.82, 2.24) is 19.9 Å². The Hall–Kier alpha value is -2.87. The normalized spacial score (nSPS) is 15.0. The van der Waals surface area contributed by atoms with Crippen LogP contribution >= 0.6 is 11.3 Å². The van der Waals surface area contributed by atoms with E-state index >= 15 is 0 Å². The summed E-state index contributed by atoms with van der Waals surface area (Å²) in [7, 11) is 0. The standard InChI is InChI=1S/C20H19FN4O2S/c21-15-4-2-1-3-14(15)11-18(27)25-8-5-13(6-9-25)19-23-16(12-17(26)24-19)20-22-7-10-28-20/h1-4,7,10,12-13H,5-6,8-9,11H2,(H,23,24,26). The van der Waals surface area contributed by atoms with Gasteiger partial charge in [-0.2, -0.15) is 0 Å². The first-order valence-electron chi connectivity index (χ1n) is 9.12. The van der Waals surface area contributed by atoms with E-state index in [1.807, 2.05) is 5.38 Å². The van der Waals surface area contributed by atoms with Crippen molar-refractivity contribution in [3.63, 3.8) is 0 Å². The Balaban J connectivity index is 1.42. The summed E-state index contributed by atoms with van der Waals surface area (Å²) >= 11 is 1.44. The zero-order valence-corrected chi connectivity index (χ0v) is 15.9. The van der Waals surface area contributed by atoms with Crippen LogP contribution in [0.4, 0.5) is 4.39 Å². The lowest BCUT2D eigenvalue weighted by molar-refractivity contribution is -0.131. The SMILES string of the molecule is O=C(Cc1ccccc1F)N1CCC(c2nc(-c3nccs3)cc(=O)[nH]2)CC1. The van der Waals surface area contributed by atoms with E-state index in [0.717, 1.165) is 0 Å². The van der Waals surface area contributed by atoms with Gasteiger partial charge in [0.05, 0.1) is 6.42 Å². The number of benzene rings is 1. The van der Waals surface area contributed by atoms with Gasteiger partial charge in [0.2, 0.25) is 5.91 Å². The smallest absolute Gasteiger partial charge is 0.251 e. The van der Waals surface area contributed by atoms with Crippen molar-refractivity contribution in [2.45, 2.75) is 25.2 Å².